The molecule has 0 bridgehead atoms. The lowest BCUT2D eigenvalue weighted by atomic mass is 10.1. The van der Waals surface area contributed by atoms with E-state index >= 15 is 0 Å². The number of ether oxygens (including phenoxy) is 2. The molecule has 1 amide bonds. The third-order valence-corrected chi connectivity index (χ3v) is 3.54. The fraction of sp³-hybridized carbons (Fsp3) is 0.294. The summed E-state index contributed by atoms with van der Waals surface area (Å²) in [5.41, 5.74) is 1.03. The number of amides is 1. The Morgan fingerprint density at radius 2 is 1.92 bits per heavy atom. The third kappa shape index (κ3) is 3.34. The Kier molecular flexibility index (Phi) is 5.13. The predicted octanol–water partition coefficient (Wildman–Crippen LogP) is 3.12. The maximum atomic E-state index is 12.4. The number of carbonyl (C=O) groups excluding carboxylic acids is 1. The number of carboxylic acids is 1. The molecule has 0 atom stereocenters. The molecule has 0 saturated carbocycles. The normalized spacial score (nSPS) is 10.3. The van der Waals surface area contributed by atoms with Crippen molar-refractivity contribution in [1.82, 2.24) is 0 Å². The molecule has 0 aliphatic rings. The van der Waals surface area contributed by atoms with Crippen LogP contribution >= 0.6 is 0 Å². The summed E-state index contributed by atoms with van der Waals surface area (Å²) in [6, 6.07) is 4.26. The van der Waals surface area contributed by atoms with E-state index in [1.165, 1.54) is 26.4 Å². The molecule has 7 heteroatoms. The zero-order chi connectivity index (χ0) is 17.9. The molecule has 0 saturated heterocycles. The van der Waals surface area contributed by atoms with E-state index < -0.39 is 11.9 Å². The van der Waals surface area contributed by atoms with Gasteiger partial charge in [-0.1, -0.05) is 6.92 Å². The summed E-state index contributed by atoms with van der Waals surface area (Å²) < 4.78 is 15.9. The van der Waals surface area contributed by atoms with E-state index in [4.69, 9.17) is 13.9 Å². The summed E-state index contributed by atoms with van der Waals surface area (Å²) >= 11 is 0. The van der Waals surface area contributed by atoms with E-state index in [1.807, 2.05) is 13.8 Å². The lowest BCUT2D eigenvalue weighted by molar-refractivity contribution is 0.0696. The van der Waals surface area contributed by atoms with Gasteiger partial charge in [0.25, 0.3) is 5.91 Å². The maximum Gasteiger partial charge on any atom is 0.335 e. The number of furan rings is 1. The average Bonchev–Trinajstić information content (AvgIpc) is 2.94. The van der Waals surface area contributed by atoms with E-state index in [0.717, 1.165) is 11.3 Å². The molecule has 1 heterocycles. The van der Waals surface area contributed by atoms with Gasteiger partial charge in [0.05, 0.1) is 25.5 Å². The van der Waals surface area contributed by atoms with E-state index in [0.29, 0.717) is 6.42 Å². The monoisotopic (exact) mass is 333 g/mol. The summed E-state index contributed by atoms with van der Waals surface area (Å²) in [4.78, 5) is 23.6. The number of aryl methyl sites for hydroxylation is 2. The predicted molar refractivity (Wildman–Crippen MR) is 87.3 cm³/mol. The number of benzene rings is 1. The van der Waals surface area contributed by atoms with Gasteiger partial charge in [0.1, 0.15) is 5.76 Å². The summed E-state index contributed by atoms with van der Waals surface area (Å²) in [6.45, 7) is 3.78. The molecule has 24 heavy (non-hydrogen) atoms. The minimum Gasteiger partial charge on any atom is -0.493 e. The van der Waals surface area contributed by atoms with Crippen LogP contribution in [-0.4, -0.2) is 31.2 Å². The Hall–Kier alpha value is -2.96. The molecule has 2 aromatic rings. The van der Waals surface area contributed by atoms with Crippen LogP contribution in [0.15, 0.2) is 22.6 Å². The summed E-state index contributed by atoms with van der Waals surface area (Å²) in [5, 5.41) is 11.8. The zero-order valence-corrected chi connectivity index (χ0v) is 13.9. The smallest absolute Gasteiger partial charge is 0.335 e. The van der Waals surface area contributed by atoms with Crippen LogP contribution in [-0.2, 0) is 6.42 Å². The van der Waals surface area contributed by atoms with Gasteiger partial charge in [-0.2, -0.15) is 0 Å². The number of anilines is 1. The van der Waals surface area contributed by atoms with Crippen molar-refractivity contribution >= 4 is 17.6 Å². The Morgan fingerprint density at radius 1 is 1.21 bits per heavy atom. The van der Waals surface area contributed by atoms with Crippen molar-refractivity contribution in [3.05, 3.63) is 40.8 Å². The van der Waals surface area contributed by atoms with Gasteiger partial charge in [0, 0.05) is 6.42 Å². The van der Waals surface area contributed by atoms with Crippen molar-refractivity contribution < 1.29 is 28.6 Å². The largest absolute Gasteiger partial charge is 0.493 e. The highest BCUT2D eigenvalue weighted by molar-refractivity contribution is 6.04. The molecule has 0 fully saturated rings. The molecule has 0 aliphatic heterocycles. The molecule has 2 N–H and O–H groups in total. The van der Waals surface area contributed by atoms with E-state index in [-0.39, 0.29) is 28.5 Å². The van der Waals surface area contributed by atoms with Gasteiger partial charge in [-0.05, 0) is 30.7 Å². The second-order valence-electron chi connectivity index (χ2n) is 5.09. The molecular weight excluding hydrogens is 314 g/mol. The van der Waals surface area contributed by atoms with Crippen LogP contribution < -0.4 is 14.8 Å². The van der Waals surface area contributed by atoms with Gasteiger partial charge in [0.2, 0.25) is 0 Å². The van der Waals surface area contributed by atoms with Crippen molar-refractivity contribution in [2.75, 3.05) is 19.5 Å². The SMILES string of the molecule is CCc1oc(C(=O)Nc2cc(C(=O)O)cc(OC)c2OC)cc1C. The number of rotatable bonds is 6. The number of methoxy groups -OCH3 is 2. The highest BCUT2D eigenvalue weighted by Gasteiger charge is 2.20. The van der Waals surface area contributed by atoms with Crippen LogP contribution in [0.1, 0.15) is 39.2 Å². The first-order valence-corrected chi connectivity index (χ1v) is 7.31. The second-order valence-corrected chi connectivity index (χ2v) is 5.09. The zero-order valence-electron chi connectivity index (χ0n) is 13.9. The van der Waals surface area contributed by atoms with Gasteiger partial charge in [0.15, 0.2) is 17.3 Å². The van der Waals surface area contributed by atoms with Gasteiger partial charge in [-0.15, -0.1) is 0 Å². The number of hydrogen-bond acceptors (Lipinski definition) is 5. The molecule has 0 unspecified atom stereocenters. The van der Waals surface area contributed by atoms with Crippen LogP contribution in [0.5, 0.6) is 11.5 Å². The van der Waals surface area contributed by atoms with Crippen molar-refractivity contribution in [3.63, 3.8) is 0 Å². The lowest BCUT2D eigenvalue weighted by Gasteiger charge is -2.14. The van der Waals surface area contributed by atoms with E-state index in [2.05, 4.69) is 5.32 Å². The van der Waals surface area contributed by atoms with Crippen LogP contribution in [0.4, 0.5) is 5.69 Å². The minimum absolute atomic E-state index is 0.0344. The standard InChI is InChI=1S/C17H19NO6/c1-5-12-9(2)6-14(24-12)16(19)18-11-7-10(17(20)21)8-13(22-3)15(11)23-4/h6-8H,5H2,1-4H3,(H,18,19)(H,20,21). The summed E-state index contributed by atoms with van der Waals surface area (Å²) in [6.07, 6.45) is 0.671. The van der Waals surface area contributed by atoms with Crippen LogP contribution in [0.25, 0.3) is 0 Å². The second kappa shape index (κ2) is 7.08. The summed E-state index contributed by atoms with van der Waals surface area (Å²) in [7, 11) is 2.79. The number of carboxylic acid groups (broad SMARTS) is 1. The van der Waals surface area contributed by atoms with Crippen molar-refractivity contribution in [2.45, 2.75) is 20.3 Å². The maximum absolute atomic E-state index is 12.4. The first-order valence-electron chi connectivity index (χ1n) is 7.31. The van der Waals surface area contributed by atoms with Gasteiger partial charge in [-0.3, -0.25) is 4.79 Å². The van der Waals surface area contributed by atoms with Crippen molar-refractivity contribution in [3.8, 4) is 11.5 Å². The summed E-state index contributed by atoms with van der Waals surface area (Å²) in [5.74, 6) is -0.336. The fourth-order valence-electron chi connectivity index (χ4n) is 2.35. The highest BCUT2D eigenvalue weighted by Crippen LogP contribution is 2.37. The van der Waals surface area contributed by atoms with Crippen molar-refractivity contribution in [2.24, 2.45) is 0 Å². The van der Waals surface area contributed by atoms with Gasteiger partial charge < -0.3 is 24.3 Å². The number of aromatic carboxylic acids is 1. The molecule has 0 radical (unpaired) electrons. The molecule has 1 aromatic carbocycles. The van der Waals surface area contributed by atoms with E-state index in [9.17, 15) is 14.7 Å². The Balaban J connectivity index is 2.41. The number of hydrogen-bond donors (Lipinski definition) is 2. The Morgan fingerprint density at radius 3 is 2.42 bits per heavy atom. The Bertz CT molecular complexity index is 778. The van der Waals surface area contributed by atoms with Crippen LogP contribution in [0.2, 0.25) is 0 Å². The molecule has 0 aliphatic carbocycles. The van der Waals surface area contributed by atoms with Gasteiger partial charge in [-0.25, -0.2) is 4.79 Å². The molecular formula is C17H19NO6. The topological polar surface area (TPSA) is 98.0 Å². The first-order chi connectivity index (χ1) is 11.4. The average molecular weight is 333 g/mol. The van der Waals surface area contributed by atoms with E-state index in [1.54, 1.807) is 6.07 Å². The molecule has 7 nitrogen and oxygen atoms in total. The van der Waals surface area contributed by atoms with Crippen LogP contribution in [0, 0.1) is 6.92 Å². The fourth-order valence-corrected chi connectivity index (χ4v) is 2.35. The molecule has 2 rings (SSSR count). The first kappa shape index (κ1) is 17.4. The molecule has 128 valence electrons. The van der Waals surface area contributed by atoms with Crippen molar-refractivity contribution in [1.29, 1.82) is 0 Å². The van der Waals surface area contributed by atoms with Gasteiger partial charge >= 0.3 is 5.97 Å². The van der Waals surface area contributed by atoms with Crippen LogP contribution in [0.3, 0.4) is 0 Å². The Labute approximate surface area is 139 Å². The molecule has 1 aromatic heterocycles. The highest BCUT2D eigenvalue weighted by atomic mass is 16.5. The minimum atomic E-state index is -1.14. The lowest BCUT2D eigenvalue weighted by Crippen LogP contribution is -2.13. The third-order valence-electron chi connectivity index (χ3n) is 3.54. The number of carbonyl (C=O) groups is 2. The molecule has 0 spiro atoms. The number of nitrogens with one attached hydrogen (secondary N) is 1. The quantitative estimate of drug-likeness (QED) is 0.843.